The molecule has 1 aliphatic carbocycles. The molecule has 0 N–H and O–H groups in total. The number of nitrogens with zero attached hydrogens (tertiary/aromatic N) is 3. The Kier molecular flexibility index (Phi) is 4.19. The van der Waals surface area contributed by atoms with Gasteiger partial charge in [-0.2, -0.15) is 16.4 Å². The zero-order valence-electron chi connectivity index (χ0n) is 13.5. The van der Waals surface area contributed by atoms with E-state index < -0.39 is 0 Å². The summed E-state index contributed by atoms with van der Waals surface area (Å²) < 4.78 is 1.62. The molecule has 2 aromatic heterocycles. The second kappa shape index (κ2) is 5.97. The van der Waals surface area contributed by atoms with E-state index in [2.05, 4.69) is 47.6 Å². The third-order valence-electron chi connectivity index (χ3n) is 3.98. The summed E-state index contributed by atoms with van der Waals surface area (Å²) in [4.78, 5) is 14.5. The number of thiophene rings is 1. The van der Waals surface area contributed by atoms with Crippen LogP contribution >= 0.6 is 11.3 Å². The molecule has 1 aliphatic rings. The maximum atomic E-state index is 12.2. The second-order valence-corrected chi connectivity index (χ2v) is 7.84. The van der Waals surface area contributed by atoms with Gasteiger partial charge in [0.15, 0.2) is 0 Å². The number of rotatable bonds is 5. The first-order valence-corrected chi connectivity index (χ1v) is 8.71. The van der Waals surface area contributed by atoms with Gasteiger partial charge in [-0.1, -0.05) is 20.8 Å². The Hall–Kier alpha value is -1.46. The van der Waals surface area contributed by atoms with Crippen molar-refractivity contribution in [3.05, 3.63) is 50.6 Å². The zero-order chi connectivity index (χ0) is 15.7. The van der Waals surface area contributed by atoms with Crippen LogP contribution in [-0.4, -0.2) is 20.7 Å². The van der Waals surface area contributed by atoms with Gasteiger partial charge in [-0.3, -0.25) is 9.69 Å². The van der Waals surface area contributed by atoms with Crippen molar-refractivity contribution in [3.63, 3.8) is 0 Å². The van der Waals surface area contributed by atoms with Gasteiger partial charge in [0.2, 0.25) is 0 Å². The van der Waals surface area contributed by atoms with Gasteiger partial charge in [0.05, 0.1) is 12.4 Å². The number of aromatic nitrogens is 2. The third kappa shape index (κ3) is 3.65. The van der Waals surface area contributed by atoms with Gasteiger partial charge in [-0.05, 0) is 41.3 Å². The van der Waals surface area contributed by atoms with Crippen molar-refractivity contribution in [1.82, 2.24) is 14.7 Å². The summed E-state index contributed by atoms with van der Waals surface area (Å²) in [5.74, 6) is 0. The van der Waals surface area contributed by atoms with Gasteiger partial charge >= 0.3 is 0 Å². The van der Waals surface area contributed by atoms with E-state index in [1.54, 1.807) is 22.1 Å². The Balaban J connectivity index is 1.82. The molecule has 1 saturated carbocycles. The quantitative estimate of drug-likeness (QED) is 0.850. The molecule has 4 nitrogen and oxygen atoms in total. The Labute approximate surface area is 135 Å². The van der Waals surface area contributed by atoms with Crippen molar-refractivity contribution in [3.8, 4) is 0 Å². The molecule has 2 aromatic rings. The van der Waals surface area contributed by atoms with E-state index in [1.165, 1.54) is 18.4 Å². The molecule has 0 amide bonds. The highest BCUT2D eigenvalue weighted by Gasteiger charge is 2.29. The Morgan fingerprint density at radius 3 is 2.68 bits per heavy atom. The molecular weight excluding hydrogens is 294 g/mol. The highest BCUT2D eigenvalue weighted by molar-refractivity contribution is 7.07. The molecular formula is C17H23N3OS. The van der Waals surface area contributed by atoms with Gasteiger partial charge < -0.3 is 0 Å². The molecule has 0 radical (unpaired) electrons. The normalized spacial score (nSPS) is 15.5. The van der Waals surface area contributed by atoms with E-state index in [0.29, 0.717) is 12.7 Å². The summed E-state index contributed by atoms with van der Waals surface area (Å²) in [6.07, 6.45) is 2.44. The average Bonchev–Trinajstić information content (AvgIpc) is 3.17. The Morgan fingerprint density at radius 1 is 1.32 bits per heavy atom. The van der Waals surface area contributed by atoms with E-state index in [4.69, 9.17) is 0 Å². The van der Waals surface area contributed by atoms with Gasteiger partial charge in [0.1, 0.15) is 0 Å². The molecule has 0 aliphatic heterocycles. The first-order chi connectivity index (χ1) is 10.4. The minimum Gasteiger partial charge on any atom is -0.277 e. The number of hydrogen-bond donors (Lipinski definition) is 0. The molecule has 22 heavy (non-hydrogen) atoms. The summed E-state index contributed by atoms with van der Waals surface area (Å²) in [5, 5.41) is 8.87. The third-order valence-corrected chi connectivity index (χ3v) is 4.71. The van der Waals surface area contributed by atoms with Gasteiger partial charge in [0.25, 0.3) is 5.56 Å². The van der Waals surface area contributed by atoms with Crippen LogP contribution in [0.5, 0.6) is 0 Å². The molecule has 0 atom stereocenters. The molecule has 3 rings (SSSR count). The summed E-state index contributed by atoms with van der Waals surface area (Å²) in [7, 11) is 0. The maximum absolute atomic E-state index is 12.2. The molecule has 0 unspecified atom stereocenters. The highest BCUT2D eigenvalue weighted by atomic mass is 32.1. The van der Waals surface area contributed by atoms with Gasteiger partial charge in [-0.25, -0.2) is 4.68 Å². The molecule has 5 heteroatoms. The Bertz CT molecular complexity index is 681. The van der Waals surface area contributed by atoms with Gasteiger partial charge in [-0.15, -0.1) is 0 Å². The molecule has 2 heterocycles. The van der Waals surface area contributed by atoms with Crippen LogP contribution in [0.2, 0.25) is 0 Å². The van der Waals surface area contributed by atoms with E-state index >= 15 is 0 Å². The van der Waals surface area contributed by atoms with Crippen molar-refractivity contribution < 1.29 is 0 Å². The van der Waals surface area contributed by atoms with Crippen LogP contribution in [0.3, 0.4) is 0 Å². The van der Waals surface area contributed by atoms with E-state index in [1.807, 2.05) is 6.07 Å². The van der Waals surface area contributed by atoms with Crippen LogP contribution in [0.4, 0.5) is 0 Å². The number of hydrogen-bond acceptors (Lipinski definition) is 4. The van der Waals surface area contributed by atoms with E-state index in [9.17, 15) is 4.79 Å². The smallest absolute Gasteiger partial charge is 0.267 e. The lowest BCUT2D eigenvalue weighted by Gasteiger charge is -2.24. The predicted octanol–water partition coefficient (Wildman–Crippen LogP) is 3.22. The summed E-state index contributed by atoms with van der Waals surface area (Å²) in [5.41, 5.74) is 2.20. The molecule has 0 bridgehead atoms. The maximum Gasteiger partial charge on any atom is 0.267 e. The molecule has 0 saturated heterocycles. The molecule has 0 aromatic carbocycles. The fourth-order valence-corrected chi connectivity index (χ4v) is 3.13. The SMILES string of the molecule is CC(C)(C)c1ccc(=O)n(CN(Cc2ccsc2)C2CC2)n1. The van der Waals surface area contributed by atoms with Crippen LogP contribution in [0, 0.1) is 0 Å². The fraction of sp³-hybridized carbons (Fsp3) is 0.529. The molecule has 118 valence electrons. The van der Waals surface area contributed by atoms with E-state index in [0.717, 1.165) is 12.2 Å². The van der Waals surface area contributed by atoms with Crippen molar-refractivity contribution in [2.24, 2.45) is 0 Å². The first kappa shape index (κ1) is 15.4. The van der Waals surface area contributed by atoms with Crippen LogP contribution < -0.4 is 5.56 Å². The predicted molar refractivity (Wildman–Crippen MR) is 90.1 cm³/mol. The lowest BCUT2D eigenvalue weighted by Crippen LogP contribution is -2.36. The van der Waals surface area contributed by atoms with Crippen LogP contribution in [0.25, 0.3) is 0 Å². The van der Waals surface area contributed by atoms with E-state index in [-0.39, 0.29) is 11.0 Å². The van der Waals surface area contributed by atoms with Crippen LogP contribution in [-0.2, 0) is 18.6 Å². The zero-order valence-corrected chi connectivity index (χ0v) is 14.3. The van der Waals surface area contributed by atoms with Crippen molar-refractivity contribution in [1.29, 1.82) is 0 Å². The standard InChI is InChI=1S/C17H23N3OS/c1-17(2,3)15-6-7-16(21)20(18-15)12-19(14-4-5-14)10-13-8-9-22-11-13/h6-9,11,14H,4-5,10,12H2,1-3H3. The molecule has 1 fully saturated rings. The van der Waals surface area contributed by atoms with Crippen LogP contribution in [0.15, 0.2) is 33.8 Å². The summed E-state index contributed by atoms with van der Waals surface area (Å²) in [6.45, 7) is 7.82. The lowest BCUT2D eigenvalue weighted by atomic mass is 9.92. The summed E-state index contributed by atoms with van der Waals surface area (Å²) >= 11 is 1.72. The average molecular weight is 317 g/mol. The monoisotopic (exact) mass is 317 g/mol. The second-order valence-electron chi connectivity index (χ2n) is 7.06. The Morgan fingerprint density at radius 2 is 2.09 bits per heavy atom. The molecule has 0 spiro atoms. The first-order valence-electron chi connectivity index (χ1n) is 7.77. The van der Waals surface area contributed by atoms with Crippen molar-refractivity contribution in [2.45, 2.75) is 58.3 Å². The minimum atomic E-state index is -0.0484. The van der Waals surface area contributed by atoms with Gasteiger partial charge in [0, 0.05) is 24.1 Å². The topological polar surface area (TPSA) is 38.1 Å². The highest BCUT2D eigenvalue weighted by Crippen LogP contribution is 2.29. The van der Waals surface area contributed by atoms with Crippen molar-refractivity contribution >= 4 is 11.3 Å². The largest absolute Gasteiger partial charge is 0.277 e. The fourth-order valence-electron chi connectivity index (χ4n) is 2.47. The summed E-state index contributed by atoms with van der Waals surface area (Å²) in [6, 6.07) is 6.23. The van der Waals surface area contributed by atoms with Crippen LogP contribution in [0.1, 0.15) is 44.9 Å². The van der Waals surface area contributed by atoms with Crippen molar-refractivity contribution in [2.75, 3.05) is 0 Å². The lowest BCUT2D eigenvalue weighted by molar-refractivity contribution is 0.182. The minimum absolute atomic E-state index is 0.0241.